The fourth-order valence-corrected chi connectivity index (χ4v) is 2.88. The van der Waals surface area contributed by atoms with E-state index in [1.165, 1.54) is 6.20 Å². The standard InChI is InChI=1S/C16H13ClN6O2/c1-25-8-11-13(9-2-4-10(17)5-3-9)15-20-19-14-12(23(15)22-11)6-7-18-21-16(14)24/h2-7,19-20H,8H2,1H3. The van der Waals surface area contributed by atoms with E-state index in [4.69, 9.17) is 16.3 Å². The van der Waals surface area contributed by atoms with Gasteiger partial charge in [0.2, 0.25) is 0 Å². The van der Waals surface area contributed by atoms with Crippen LogP contribution in [0.4, 0.5) is 11.5 Å². The molecule has 0 spiro atoms. The summed E-state index contributed by atoms with van der Waals surface area (Å²) in [7, 11) is 1.60. The van der Waals surface area contributed by atoms with E-state index in [1.807, 2.05) is 24.3 Å². The molecule has 0 saturated heterocycles. The van der Waals surface area contributed by atoms with Crippen LogP contribution in [-0.4, -0.2) is 27.1 Å². The Morgan fingerprint density at radius 2 is 2.00 bits per heavy atom. The van der Waals surface area contributed by atoms with Crippen LogP contribution in [0.2, 0.25) is 5.02 Å². The first kappa shape index (κ1) is 15.6. The minimum Gasteiger partial charge on any atom is -0.378 e. The van der Waals surface area contributed by atoms with E-state index in [1.54, 1.807) is 17.9 Å². The first-order valence-corrected chi connectivity index (χ1v) is 7.82. The van der Waals surface area contributed by atoms with Crippen molar-refractivity contribution in [2.75, 3.05) is 18.0 Å². The van der Waals surface area contributed by atoms with Crippen LogP contribution in [0.25, 0.3) is 16.8 Å². The molecular weight excluding hydrogens is 344 g/mol. The number of aromatic nitrogens is 4. The van der Waals surface area contributed by atoms with E-state index in [0.717, 1.165) is 16.8 Å². The summed E-state index contributed by atoms with van der Waals surface area (Å²) in [5.41, 5.74) is 8.78. The van der Waals surface area contributed by atoms with Crippen molar-refractivity contribution in [1.29, 1.82) is 0 Å². The molecule has 25 heavy (non-hydrogen) atoms. The van der Waals surface area contributed by atoms with E-state index >= 15 is 0 Å². The van der Waals surface area contributed by atoms with Crippen molar-refractivity contribution in [3.05, 3.63) is 57.6 Å². The molecule has 0 radical (unpaired) electrons. The van der Waals surface area contributed by atoms with Crippen LogP contribution in [0, 0.1) is 0 Å². The molecule has 0 unspecified atom stereocenters. The number of halogens is 1. The Morgan fingerprint density at radius 3 is 2.76 bits per heavy atom. The number of hydrazine groups is 1. The van der Waals surface area contributed by atoms with E-state index in [0.29, 0.717) is 23.1 Å². The number of nitrogens with one attached hydrogen (secondary N) is 2. The number of anilines is 2. The number of methoxy groups -OCH3 is 1. The summed E-state index contributed by atoms with van der Waals surface area (Å²) >= 11 is 5.99. The van der Waals surface area contributed by atoms with Crippen LogP contribution >= 0.6 is 11.6 Å². The Labute approximate surface area is 147 Å². The van der Waals surface area contributed by atoms with E-state index in [2.05, 4.69) is 26.1 Å². The van der Waals surface area contributed by atoms with Gasteiger partial charge in [-0.15, -0.1) is 5.10 Å². The Morgan fingerprint density at radius 1 is 1.20 bits per heavy atom. The van der Waals surface area contributed by atoms with Crippen molar-refractivity contribution in [3.8, 4) is 16.8 Å². The first-order chi connectivity index (χ1) is 12.2. The molecule has 0 amide bonds. The van der Waals surface area contributed by atoms with Gasteiger partial charge >= 0.3 is 5.56 Å². The third-order valence-corrected chi connectivity index (χ3v) is 4.08. The minimum absolute atomic E-state index is 0.277. The van der Waals surface area contributed by atoms with Gasteiger partial charge in [0.05, 0.1) is 29.7 Å². The molecule has 1 aromatic carbocycles. The van der Waals surface area contributed by atoms with Crippen molar-refractivity contribution >= 4 is 23.1 Å². The molecule has 0 saturated carbocycles. The van der Waals surface area contributed by atoms with Crippen molar-refractivity contribution in [2.45, 2.75) is 6.61 Å². The second-order valence-corrected chi connectivity index (χ2v) is 5.81. The lowest BCUT2D eigenvalue weighted by Crippen LogP contribution is -2.25. The zero-order chi connectivity index (χ0) is 17.4. The lowest BCUT2D eigenvalue weighted by atomic mass is 10.1. The Hall–Kier alpha value is -2.97. The maximum Gasteiger partial charge on any atom is 0.315 e. The van der Waals surface area contributed by atoms with Crippen molar-refractivity contribution < 1.29 is 4.74 Å². The molecule has 0 atom stereocenters. The van der Waals surface area contributed by atoms with E-state index < -0.39 is 5.56 Å². The van der Waals surface area contributed by atoms with Gasteiger partial charge in [0, 0.05) is 12.1 Å². The summed E-state index contributed by atoms with van der Waals surface area (Å²) in [6.45, 7) is 0.314. The molecule has 126 valence electrons. The van der Waals surface area contributed by atoms with Crippen LogP contribution in [0.1, 0.15) is 5.69 Å². The Balaban J connectivity index is 1.98. The molecule has 8 nitrogen and oxygen atoms in total. The van der Waals surface area contributed by atoms with Gasteiger partial charge in [-0.05, 0) is 23.8 Å². The average molecular weight is 357 g/mol. The predicted octanol–water partition coefficient (Wildman–Crippen LogP) is 2.24. The highest BCUT2D eigenvalue weighted by atomic mass is 35.5. The van der Waals surface area contributed by atoms with E-state index in [-0.39, 0.29) is 5.69 Å². The van der Waals surface area contributed by atoms with Gasteiger partial charge in [0.25, 0.3) is 0 Å². The number of ether oxygens (including phenoxy) is 1. The quantitative estimate of drug-likeness (QED) is 0.743. The maximum atomic E-state index is 12.0. The molecule has 4 rings (SSSR count). The highest BCUT2D eigenvalue weighted by Gasteiger charge is 2.26. The summed E-state index contributed by atoms with van der Waals surface area (Å²) in [4.78, 5) is 12.0. The predicted molar refractivity (Wildman–Crippen MR) is 93.8 cm³/mol. The zero-order valence-electron chi connectivity index (χ0n) is 13.2. The molecule has 3 heterocycles. The lowest BCUT2D eigenvalue weighted by Gasteiger charge is -2.19. The Bertz CT molecular complexity index is 1000. The van der Waals surface area contributed by atoms with Crippen LogP contribution < -0.4 is 16.4 Å². The van der Waals surface area contributed by atoms with Crippen LogP contribution in [0.3, 0.4) is 0 Å². The van der Waals surface area contributed by atoms with Crippen molar-refractivity contribution in [1.82, 2.24) is 20.0 Å². The van der Waals surface area contributed by atoms with E-state index in [9.17, 15) is 4.79 Å². The van der Waals surface area contributed by atoms with Gasteiger partial charge in [0.15, 0.2) is 5.82 Å². The normalized spacial score (nSPS) is 11.9. The summed E-state index contributed by atoms with van der Waals surface area (Å²) in [6, 6.07) is 9.11. The third kappa shape index (κ3) is 2.61. The Kier molecular flexibility index (Phi) is 3.83. The molecule has 0 aliphatic carbocycles. The smallest absolute Gasteiger partial charge is 0.315 e. The molecule has 1 aliphatic heterocycles. The second-order valence-electron chi connectivity index (χ2n) is 5.37. The summed E-state index contributed by atoms with van der Waals surface area (Å²) < 4.78 is 6.93. The summed E-state index contributed by atoms with van der Waals surface area (Å²) in [6.07, 6.45) is 1.46. The van der Waals surface area contributed by atoms with Crippen LogP contribution in [0.5, 0.6) is 0 Å². The van der Waals surface area contributed by atoms with Gasteiger partial charge in [-0.1, -0.05) is 23.7 Å². The fraction of sp³-hybridized carbons (Fsp3) is 0.125. The number of benzene rings is 1. The highest BCUT2D eigenvalue weighted by Crippen LogP contribution is 2.37. The molecular formula is C16H13ClN6O2. The number of hydrogen-bond donors (Lipinski definition) is 2. The number of nitrogens with zero attached hydrogens (tertiary/aromatic N) is 4. The van der Waals surface area contributed by atoms with Crippen molar-refractivity contribution in [3.63, 3.8) is 0 Å². The molecule has 0 bridgehead atoms. The number of fused-ring (bicyclic) bond motifs is 3. The van der Waals surface area contributed by atoms with Crippen molar-refractivity contribution in [2.24, 2.45) is 0 Å². The highest BCUT2D eigenvalue weighted by molar-refractivity contribution is 6.30. The van der Waals surface area contributed by atoms with Gasteiger partial charge in [-0.2, -0.15) is 10.2 Å². The van der Waals surface area contributed by atoms with Crippen LogP contribution in [0.15, 0.2) is 41.3 Å². The SMILES string of the molecule is COCc1nn2c(c1-c1ccc(Cl)cc1)NNc1c-2ccnnc1=O. The zero-order valence-corrected chi connectivity index (χ0v) is 13.9. The molecule has 3 aromatic rings. The molecule has 1 aliphatic rings. The summed E-state index contributed by atoms with van der Waals surface area (Å²) in [5, 5.41) is 12.5. The van der Waals surface area contributed by atoms with Gasteiger partial charge in [-0.25, -0.2) is 4.68 Å². The average Bonchev–Trinajstić information content (AvgIpc) is 2.86. The number of rotatable bonds is 3. The largest absolute Gasteiger partial charge is 0.378 e. The first-order valence-electron chi connectivity index (χ1n) is 7.44. The molecule has 0 fully saturated rings. The second kappa shape index (κ2) is 6.15. The molecule has 2 aromatic heterocycles. The lowest BCUT2D eigenvalue weighted by molar-refractivity contribution is 0.181. The molecule has 2 N–H and O–H groups in total. The third-order valence-electron chi connectivity index (χ3n) is 3.82. The maximum absolute atomic E-state index is 12.0. The van der Waals surface area contributed by atoms with Gasteiger partial charge in [-0.3, -0.25) is 15.6 Å². The van der Waals surface area contributed by atoms with Gasteiger partial charge in [0.1, 0.15) is 5.69 Å². The molecule has 9 heteroatoms. The van der Waals surface area contributed by atoms with Crippen LogP contribution in [-0.2, 0) is 11.3 Å². The minimum atomic E-state index is -0.477. The topological polar surface area (TPSA) is 94.0 Å². The fourth-order valence-electron chi connectivity index (χ4n) is 2.76. The summed E-state index contributed by atoms with van der Waals surface area (Å²) in [5.74, 6) is 0.687. The number of hydrogen-bond acceptors (Lipinski definition) is 7. The van der Waals surface area contributed by atoms with Gasteiger partial charge < -0.3 is 4.74 Å². The monoisotopic (exact) mass is 356 g/mol.